The van der Waals surface area contributed by atoms with E-state index in [0.29, 0.717) is 43.0 Å². The molecule has 0 atom stereocenters. The number of nitrogens with zero attached hydrogens (tertiary/aromatic N) is 4. The average molecular weight is 423 g/mol. The molecule has 0 aliphatic carbocycles. The molecule has 8 heteroatoms. The number of benzene rings is 1. The van der Waals surface area contributed by atoms with Gasteiger partial charge in [0.05, 0.1) is 25.4 Å². The fraction of sp³-hybridized carbons (Fsp3) is 0.348. The summed E-state index contributed by atoms with van der Waals surface area (Å²) in [7, 11) is 1.92. The fourth-order valence-electron chi connectivity index (χ4n) is 2.86. The third-order valence-corrected chi connectivity index (χ3v) is 4.48. The Morgan fingerprint density at radius 2 is 1.87 bits per heavy atom. The van der Waals surface area contributed by atoms with Crippen molar-refractivity contribution < 1.29 is 9.47 Å². The minimum absolute atomic E-state index is 0.419. The molecule has 2 heterocycles. The van der Waals surface area contributed by atoms with Crippen molar-refractivity contribution >= 4 is 5.96 Å². The molecule has 0 saturated carbocycles. The van der Waals surface area contributed by atoms with Crippen LogP contribution >= 0.6 is 0 Å². The smallest absolute Gasteiger partial charge is 0.224 e. The second-order valence-corrected chi connectivity index (χ2v) is 6.86. The number of guanidine groups is 1. The van der Waals surface area contributed by atoms with Crippen LogP contribution in [-0.4, -0.2) is 33.9 Å². The summed E-state index contributed by atoms with van der Waals surface area (Å²) in [4.78, 5) is 9.12. The summed E-state index contributed by atoms with van der Waals surface area (Å²) in [5.74, 6) is 2.57. The lowest BCUT2D eigenvalue weighted by Crippen LogP contribution is -2.37. The van der Waals surface area contributed by atoms with Crippen molar-refractivity contribution in [2.24, 2.45) is 12.0 Å². The van der Waals surface area contributed by atoms with Gasteiger partial charge < -0.3 is 20.1 Å². The predicted molar refractivity (Wildman–Crippen MR) is 121 cm³/mol. The minimum atomic E-state index is 0.419. The molecule has 3 aromatic rings. The molecule has 0 radical (unpaired) electrons. The number of rotatable bonds is 10. The molecule has 8 nitrogen and oxygen atoms in total. The zero-order valence-corrected chi connectivity index (χ0v) is 18.3. The van der Waals surface area contributed by atoms with E-state index in [0.717, 1.165) is 24.2 Å². The van der Waals surface area contributed by atoms with Crippen LogP contribution in [0.2, 0.25) is 0 Å². The van der Waals surface area contributed by atoms with Crippen LogP contribution in [0, 0.1) is 0 Å². The Bertz CT molecular complexity index is 985. The first-order valence-corrected chi connectivity index (χ1v) is 10.5. The Balaban J connectivity index is 1.72. The van der Waals surface area contributed by atoms with Gasteiger partial charge in [-0.1, -0.05) is 25.1 Å². The summed E-state index contributed by atoms with van der Waals surface area (Å²) in [6, 6.07) is 13.4. The van der Waals surface area contributed by atoms with Crippen molar-refractivity contribution in [2.75, 3.05) is 13.2 Å². The van der Waals surface area contributed by atoms with Crippen LogP contribution < -0.4 is 20.1 Å². The Labute approximate surface area is 183 Å². The molecular weight excluding hydrogens is 392 g/mol. The van der Waals surface area contributed by atoms with E-state index in [1.165, 1.54) is 0 Å². The highest BCUT2D eigenvalue weighted by Crippen LogP contribution is 2.32. The fourth-order valence-corrected chi connectivity index (χ4v) is 2.86. The van der Waals surface area contributed by atoms with E-state index in [2.05, 4.69) is 27.6 Å². The minimum Gasteiger partial charge on any atom is -0.490 e. The highest BCUT2D eigenvalue weighted by atomic mass is 16.5. The Hall–Kier alpha value is -3.55. The second kappa shape index (κ2) is 11.6. The molecule has 0 spiro atoms. The van der Waals surface area contributed by atoms with Crippen LogP contribution in [0.3, 0.4) is 0 Å². The third-order valence-electron chi connectivity index (χ3n) is 4.48. The lowest BCUT2D eigenvalue weighted by Gasteiger charge is -2.14. The first-order valence-electron chi connectivity index (χ1n) is 10.5. The summed E-state index contributed by atoms with van der Waals surface area (Å²) < 4.78 is 13.7. The van der Waals surface area contributed by atoms with Crippen molar-refractivity contribution in [3.05, 3.63) is 66.1 Å². The van der Waals surface area contributed by atoms with Gasteiger partial charge in [0.2, 0.25) is 5.88 Å². The topological polar surface area (TPSA) is 85.6 Å². The van der Waals surface area contributed by atoms with E-state index in [-0.39, 0.29) is 0 Å². The molecule has 0 amide bonds. The molecule has 2 N–H and O–H groups in total. The molecule has 31 heavy (non-hydrogen) atoms. The zero-order valence-electron chi connectivity index (χ0n) is 18.3. The van der Waals surface area contributed by atoms with Gasteiger partial charge in [-0.2, -0.15) is 5.10 Å². The standard InChI is InChI=1S/C23H30N6O2/c1-4-15-30-20-10-6-7-11-21(20)31-22-18(9-8-13-25-22)16-26-23(24-5-2)27-17-19-12-14-28-29(19)3/h6-14H,4-5,15-17H2,1-3H3,(H2,24,26,27). The van der Waals surface area contributed by atoms with Crippen LogP contribution in [-0.2, 0) is 20.1 Å². The molecule has 164 valence electrons. The van der Waals surface area contributed by atoms with Crippen molar-refractivity contribution in [2.45, 2.75) is 33.4 Å². The normalized spacial score (nSPS) is 11.3. The summed E-state index contributed by atoms with van der Waals surface area (Å²) in [5, 5.41) is 10.8. The maximum atomic E-state index is 6.11. The second-order valence-electron chi connectivity index (χ2n) is 6.86. The van der Waals surface area contributed by atoms with Crippen molar-refractivity contribution in [1.29, 1.82) is 0 Å². The van der Waals surface area contributed by atoms with Gasteiger partial charge in [0.25, 0.3) is 0 Å². The van der Waals surface area contributed by atoms with Crippen LogP contribution in [0.4, 0.5) is 0 Å². The number of aryl methyl sites for hydroxylation is 1. The van der Waals surface area contributed by atoms with Gasteiger partial charge in [0.1, 0.15) is 0 Å². The third kappa shape index (κ3) is 6.47. The van der Waals surface area contributed by atoms with E-state index in [1.807, 2.05) is 61.1 Å². The first-order chi connectivity index (χ1) is 15.2. The molecule has 0 unspecified atom stereocenters. The maximum absolute atomic E-state index is 6.11. The van der Waals surface area contributed by atoms with E-state index in [1.54, 1.807) is 12.4 Å². The van der Waals surface area contributed by atoms with Crippen molar-refractivity contribution in [3.8, 4) is 17.4 Å². The largest absolute Gasteiger partial charge is 0.490 e. The van der Waals surface area contributed by atoms with Gasteiger partial charge in [0, 0.05) is 31.5 Å². The Morgan fingerprint density at radius 1 is 1.03 bits per heavy atom. The van der Waals surface area contributed by atoms with E-state index in [9.17, 15) is 0 Å². The quantitative estimate of drug-likeness (QED) is 0.383. The number of hydrogen-bond donors (Lipinski definition) is 2. The molecule has 0 aliphatic rings. The monoisotopic (exact) mass is 422 g/mol. The molecule has 0 bridgehead atoms. The van der Waals surface area contributed by atoms with Crippen LogP contribution in [0.5, 0.6) is 17.4 Å². The molecule has 3 rings (SSSR count). The number of aliphatic imine (C=N–C) groups is 1. The van der Waals surface area contributed by atoms with E-state index >= 15 is 0 Å². The lowest BCUT2D eigenvalue weighted by molar-refractivity contribution is 0.300. The van der Waals surface area contributed by atoms with Crippen LogP contribution in [0.15, 0.2) is 59.9 Å². The van der Waals surface area contributed by atoms with Crippen LogP contribution in [0.1, 0.15) is 31.5 Å². The molecule has 1 aromatic carbocycles. The van der Waals surface area contributed by atoms with Crippen molar-refractivity contribution in [3.63, 3.8) is 0 Å². The van der Waals surface area contributed by atoms with E-state index in [4.69, 9.17) is 14.5 Å². The number of hydrogen-bond acceptors (Lipinski definition) is 5. The summed E-state index contributed by atoms with van der Waals surface area (Å²) in [6.07, 6.45) is 4.42. The number of para-hydroxylation sites is 2. The zero-order chi connectivity index (χ0) is 21.9. The lowest BCUT2D eigenvalue weighted by atomic mass is 10.2. The number of aromatic nitrogens is 3. The summed E-state index contributed by atoms with van der Waals surface area (Å²) in [5.41, 5.74) is 1.95. The van der Waals surface area contributed by atoms with Gasteiger partial charge in [-0.25, -0.2) is 9.98 Å². The highest BCUT2D eigenvalue weighted by molar-refractivity contribution is 5.79. The number of nitrogens with one attached hydrogen (secondary N) is 2. The van der Waals surface area contributed by atoms with E-state index < -0.39 is 0 Å². The Morgan fingerprint density at radius 3 is 2.61 bits per heavy atom. The molecule has 0 fully saturated rings. The maximum Gasteiger partial charge on any atom is 0.224 e. The molecule has 0 aliphatic heterocycles. The SMILES string of the molecule is CCCOc1ccccc1Oc1ncccc1CN=C(NCC)NCc1ccnn1C. The van der Waals surface area contributed by atoms with Gasteiger partial charge in [-0.3, -0.25) is 4.68 Å². The average Bonchev–Trinajstić information content (AvgIpc) is 3.20. The summed E-state index contributed by atoms with van der Waals surface area (Å²) in [6.45, 7) is 6.54. The molecular formula is C23H30N6O2. The van der Waals surface area contributed by atoms with Gasteiger partial charge >= 0.3 is 0 Å². The van der Waals surface area contributed by atoms with Gasteiger partial charge in [-0.05, 0) is 37.6 Å². The number of ether oxygens (including phenoxy) is 2. The Kier molecular flexibility index (Phi) is 8.28. The first kappa shape index (κ1) is 22.1. The van der Waals surface area contributed by atoms with Crippen LogP contribution in [0.25, 0.3) is 0 Å². The predicted octanol–water partition coefficient (Wildman–Crippen LogP) is 3.65. The summed E-state index contributed by atoms with van der Waals surface area (Å²) >= 11 is 0. The van der Waals surface area contributed by atoms with Gasteiger partial charge in [0.15, 0.2) is 17.5 Å². The van der Waals surface area contributed by atoms with Crippen molar-refractivity contribution in [1.82, 2.24) is 25.4 Å². The highest BCUT2D eigenvalue weighted by Gasteiger charge is 2.11. The van der Waals surface area contributed by atoms with Gasteiger partial charge in [-0.15, -0.1) is 0 Å². The molecule has 0 saturated heterocycles. The number of pyridine rings is 1. The molecule has 2 aromatic heterocycles.